The van der Waals surface area contributed by atoms with Crippen LogP contribution in [0.4, 0.5) is 0 Å². The van der Waals surface area contributed by atoms with Crippen molar-refractivity contribution in [2.24, 2.45) is 17.8 Å². The summed E-state index contributed by atoms with van der Waals surface area (Å²) in [7, 11) is 0. The van der Waals surface area contributed by atoms with Gasteiger partial charge in [0, 0.05) is 12.0 Å². The van der Waals surface area contributed by atoms with E-state index in [0.717, 1.165) is 18.4 Å². The number of ether oxygens (including phenoxy) is 1. The summed E-state index contributed by atoms with van der Waals surface area (Å²) in [6.07, 6.45) is 4.02. The summed E-state index contributed by atoms with van der Waals surface area (Å²) in [6.45, 7) is 6.57. The van der Waals surface area contributed by atoms with E-state index in [1.807, 2.05) is 0 Å². The lowest BCUT2D eigenvalue weighted by molar-refractivity contribution is -0.155. The van der Waals surface area contributed by atoms with E-state index < -0.39 is 11.8 Å². The molecule has 0 aliphatic heterocycles. The van der Waals surface area contributed by atoms with Crippen LogP contribution in [0.5, 0.6) is 0 Å². The van der Waals surface area contributed by atoms with Gasteiger partial charge in [-0.3, -0.25) is 9.59 Å². The first kappa shape index (κ1) is 20.1. The van der Waals surface area contributed by atoms with Crippen LogP contribution in [-0.4, -0.2) is 28.9 Å². The number of aliphatic carboxylic acids is 1. The molecule has 0 bridgehead atoms. The van der Waals surface area contributed by atoms with Gasteiger partial charge in [0.15, 0.2) is 0 Å². The average Bonchev–Trinajstić information content (AvgIpc) is 2.59. The molecule has 0 aromatic heterocycles. The van der Waals surface area contributed by atoms with Crippen molar-refractivity contribution in [3.8, 4) is 0 Å². The van der Waals surface area contributed by atoms with Gasteiger partial charge in [0.05, 0.1) is 0 Å². The van der Waals surface area contributed by atoms with Crippen molar-refractivity contribution in [2.75, 3.05) is 0 Å². The van der Waals surface area contributed by atoms with Gasteiger partial charge in [-0.1, -0.05) is 51.5 Å². The summed E-state index contributed by atoms with van der Waals surface area (Å²) in [5.74, 6) is -1.08. The van der Waals surface area contributed by atoms with Gasteiger partial charge in [-0.15, -0.1) is 0 Å². The molecule has 5 nitrogen and oxygen atoms in total. The second kappa shape index (κ2) is 8.97. The van der Waals surface area contributed by atoms with Gasteiger partial charge in [0.2, 0.25) is 0 Å². The van der Waals surface area contributed by atoms with E-state index in [1.165, 1.54) is 18.6 Å². The molecule has 0 radical (unpaired) electrons. The number of hydrogen-bond acceptors (Lipinski definition) is 4. The minimum absolute atomic E-state index is 0.00168. The molecule has 142 valence electrons. The molecule has 0 unspecified atom stereocenters. The number of esters is 1. The monoisotopic (exact) mass is 360 g/mol. The highest BCUT2D eigenvalue weighted by atomic mass is 16.5. The molecule has 5 heteroatoms. The molecule has 1 aliphatic rings. The second-order valence-corrected chi connectivity index (χ2v) is 7.69. The zero-order chi connectivity index (χ0) is 19.3. The Bertz CT molecular complexity index is 647. The molecule has 1 aliphatic carbocycles. The van der Waals surface area contributed by atoms with Crippen LogP contribution in [0.1, 0.15) is 62.4 Å². The van der Waals surface area contributed by atoms with E-state index in [0.29, 0.717) is 24.2 Å². The molecule has 0 saturated heterocycles. The van der Waals surface area contributed by atoms with Gasteiger partial charge in [-0.05, 0) is 42.6 Å². The summed E-state index contributed by atoms with van der Waals surface area (Å²) in [4.78, 5) is 34.3. The Balaban J connectivity index is 1.87. The number of hydrogen-bond donors (Lipinski definition) is 1. The van der Waals surface area contributed by atoms with Gasteiger partial charge >= 0.3 is 11.9 Å². The largest absolute Gasteiger partial charge is 0.475 e. The Morgan fingerprint density at radius 3 is 2.38 bits per heavy atom. The summed E-state index contributed by atoms with van der Waals surface area (Å²) in [6, 6.07) is 6.33. The molecular weight excluding hydrogens is 332 g/mol. The van der Waals surface area contributed by atoms with E-state index in [1.54, 1.807) is 12.1 Å². The highest BCUT2D eigenvalue weighted by Crippen LogP contribution is 2.35. The number of carboxylic acid groups (broad SMARTS) is 1. The number of aryl methyl sites for hydroxylation is 1. The molecule has 0 heterocycles. The van der Waals surface area contributed by atoms with Gasteiger partial charge in [-0.25, -0.2) is 4.79 Å². The second-order valence-electron chi connectivity index (χ2n) is 7.69. The third-order valence-corrected chi connectivity index (χ3v) is 5.27. The number of carboxylic acids is 1. The SMILES string of the molecule is CC(C)[C@@H]1CC[C@@H](C)C[C@H]1OC(=O)CCc1ccc(C(=O)C(=O)O)cc1. The Hall–Kier alpha value is -2.17. The molecule has 0 amide bonds. The van der Waals surface area contributed by atoms with E-state index in [-0.39, 0.29) is 24.1 Å². The van der Waals surface area contributed by atoms with E-state index in [9.17, 15) is 14.4 Å². The summed E-state index contributed by atoms with van der Waals surface area (Å²) < 4.78 is 5.78. The van der Waals surface area contributed by atoms with Crippen molar-refractivity contribution < 1.29 is 24.2 Å². The fourth-order valence-corrected chi connectivity index (χ4v) is 3.67. The first-order valence-corrected chi connectivity index (χ1v) is 9.34. The van der Waals surface area contributed by atoms with Crippen LogP contribution < -0.4 is 0 Å². The lowest BCUT2D eigenvalue weighted by Gasteiger charge is -2.36. The van der Waals surface area contributed by atoms with Crippen molar-refractivity contribution in [2.45, 2.75) is 59.0 Å². The maximum atomic E-state index is 12.3. The standard InChI is InChI=1S/C21H28O5/c1-13(2)17-10-4-14(3)12-18(17)26-19(22)11-7-15-5-8-16(9-6-15)20(23)21(24)25/h5-6,8-9,13-14,17-18H,4,7,10-12H2,1-3H3,(H,24,25)/t14-,17+,18-/m1/s1. The molecule has 26 heavy (non-hydrogen) atoms. The maximum absolute atomic E-state index is 12.3. The Kier molecular flexibility index (Phi) is 6.95. The topological polar surface area (TPSA) is 80.7 Å². The highest BCUT2D eigenvalue weighted by molar-refractivity contribution is 6.39. The molecule has 2 rings (SSSR count). The lowest BCUT2D eigenvalue weighted by atomic mass is 9.75. The number of Topliss-reactive ketones (excluding diaryl/α,β-unsaturated/α-hetero) is 1. The first-order valence-electron chi connectivity index (χ1n) is 9.34. The van der Waals surface area contributed by atoms with Gasteiger partial charge in [0.1, 0.15) is 6.10 Å². The van der Waals surface area contributed by atoms with E-state index >= 15 is 0 Å². The predicted octanol–water partition coefficient (Wildman–Crippen LogP) is 3.89. The summed E-state index contributed by atoms with van der Waals surface area (Å²) in [5, 5.41) is 8.70. The normalized spacial score (nSPS) is 22.8. The molecule has 1 N–H and O–H groups in total. The van der Waals surface area contributed by atoms with Crippen molar-refractivity contribution in [3.63, 3.8) is 0 Å². The quantitative estimate of drug-likeness (QED) is 0.453. The number of carbonyl (C=O) groups is 3. The Labute approximate surface area is 154 Å². The smallest absolute Gasteiger partial charge is 0.377 e. The van der Waals surface area contributed by atoms with Gasteiger partial charge in [0.25, 0.3) is 5.78 Å². The minimum Gasteiger partial charge on any atom is -0.475 e. The van der Waals surface area contributed by atoms with E-state index in [4.69, 9.17) is 9.84 Å². The number of carbonyl (C=O) groups excluding carboxylic acids is 2. The fourth-order valence-electron chi connectivity index (χ4n) is 3.67. The summed E-state index contributed by atoms with van der Waals surface area (Å²) in [5.41, 5.74) is 1.01. The van der Waals surface area contributed by atoms with Crippen LogP contribution in [-0.2, 0) is 20.7 Å². The number of benzene rings is 1. The van der Waals surface area contributed by atoms with Crippen molar-refractivity contribution in [1.82, 2.24) is 0 Å². The van der Waals surface area contributed by atoms with Gasteiger partial charge < -0.3 is 9.84 Å². The Morgan fingerprint density at radius 1 is 1.15 bits per heavy atom. The van der Waals surface area contributed by atoms with Crippen LogP contribution in [0.15, 0.2) is 24.3 Å². The average molecular weight is 360 g/mol. The van der Waals surface area contributed by atoms with Crippen molar-refractivity contribution in [3.05, 3.63) is 35.4 Å². The molecular formula is C21H28O5. The Morgan fingerprint density at radius 2 is 1.81 bits per heavy atom. The molecule has 1 fully saturated rings. The van der Waals surface area contributed by atoms with Crippen LogP contribution in [0.3, 0.4) is 0 Å². The third kappa shape index (κ3) is 5.41. The zero-order valence-corrected chi connectivity index (χ0v) is 15.7. The zero-order valence-electron chi connectivity index (χ0n) is 15.7. The maximum Gasteiger partial charge on any atom is 0.377 e. The van der Waals surface area contributed by atoms with Crippen LogP contribution in [0.25, 0.3) is 0 Å². The van der Waals surface area contributed by atoms with Gasteiger partial charge in [-0.2, -0.15) is 0 Å². The van der Waals surface area contributed by atoms with E-state index in [2.05, 4.69) is 20.8 Å². The third-order valence-electron chi connectivity index (χ3n) is 5.27. The molecule has 3 atom stereocenters. The molecule has 1 saturated carbocycles. The number of rotatable bonds is 7. The molecule has 0 spiro atoms. The van der Waals surface area contributed by atoms with Crippen molar-refractivity contribution in [1.29, 1.82) is 0 Å². The minimum atomic E-state index is -1.47. The van der Waals surface area contributed by atoms with Crippen LogP contribution in [0.2, 0.25) is 0 Å². The molecule has 1 aromatic carbocycles. The molecule has 1 aromatic rings. The van der Waals surface area contributed by atoms with Crippen LogP contribution >= 0.6 is 0 Å². The van der Waals surface area contributed by atoms with Crippen LogP contribution in [0, 0.1) is 17.8 Å². The summed E-state index contributed by atoms with van der Waals surface area (Å²) >= 11 is 0. The fraction of sp³-hybridized carbons (Fsp3) is 0.571. The highest BCUT2D eigenvalue weighted by Gasteiger charge is 2.33. The van der Waals surface area contributed by atoms with Crippen molar-refractivity contribution >= 4 is 17.7 Å². The lowest BCUT2D eigenvalue weighted by Crippen LogP contribution is -2.35. The predicted molar refractivity (Wildman–Crippen MR) is 98.0 cm³/mol. The number of ketones is 1. The first-order chi connectivity index (χ1) is 12.3.